The number of pyridine rings is 1. The second-order valence-electron chi connectivity index (χ2n) is 6.13. The first-order valence-electron chi connectivity index (χ1n) is 8.45. The van der Waals surface area contributed by atoms with Crippen molar-refractivity contribution in [2.45, 2.75) is 6.54 Å². The highest BCUT2D eigenvalue weighted by Crippen LogP contribution is 2.30. The fraction of sp³-hybridized carbons (Fsp3) is 0.211. The highest BCUT2D eigenvalue weighted by Gasteiger charge is 2.15. The molecule has 3 rings (SSSR count). The lowest BCUT2D eigenvalue weighted by atomic mass is 10.2. The average molecular weight is 403 g/mol. The van der Waals surface area contributed by atoms with Gasteiger partial charge in [-0.1, -0.05) is 11.6 Å². The molecule has 2 N–H and O–H groups in total. The van der Waals surface area contributed by atoms with Crippen LogP contribution in [0.3, 0.4) is 0 Å². The van der Waals surface area contributed by atoms with Crippen molar-refractivity contribution in [3.63, 3.8) is 0 Å². The van der Waals surface area contributed by atoms with Crippen LogP contribution in [0.15, 0.2) is 42.9 Å². The van der Waals surface area contributed by atoms with Crippen molar-refractivity contribution in [3.05, 3.63) is 59.3 Å². The molecule has 0 fully saturated rings. The lowest BCUT2D eigenvalue weighted by molar-refractivity contribution is 0.0868. The molecule has 0 spiro atoms. The normalized spacial score (nSPS) is 10.8. The van der Waals surface area contributed by atoms with E-state index in [0.29, 0.717) is 17.4 Å². The maximum absolute atomic E-state index is 14.3. The van der Waals surface area contributed by atoms with Gasteiger partial charge in [0.05, 0.1) is 24.6 Å². The summed E-state index contributed by atoms with van der Waals surface area (Å²) in [6.45, 7) is 0.449. The highest BCUT2D eigenvalue weighted by atomic mass is 35.5. The van der Waals surface area contributed by atoms with E-state index in [2.05, 4.69) is 25.7 Å². The molecule has 2 aromatic heterocycles. The average Bonchev–Trinajstić information content (AvgIpc) is 2.69. The first kappa shape index (κ1) is 19.9. The number of aromatic nitrogens is 3. The third-order valence-electron chi connectivity index (χ3n) is 3.98. The number of benzene rings is 1. The van der Waals surface area contributed by atoms with Gasteiger partial charge in [-0.3, -0.25) is 4.98 Å². The van der Waals surface area contributed by atoms with Gasteiger partial charge in [-0.25, -0.2) is 14.4 Å². The monoisotopic (exact) mass is 402 g/mol. The van der Waals surface area contributed by atoms with E-state index in [9.17, 15) is 4.39 Å². The second-order valence-corrected chi connectivity index (χ2v) is 6.57. The SMILES string of the molecule is CONCc1cnccc1Nc1nc(-c2cc(Cl)ccc2F)ncc1N(C)C. The minimum Gasteiger partial charge on any atom is -0.373 e. The predicted molar refractivity (Wildman–Crippen MR) is 108 cm³/mol. The Kier molecular flexibility index (Phi) is 6.35. The Hall–Kier alpha value is -2.81. The molecule has 0 saturated heterocycles. The van der Waals surface area contributed by atoms with Crippen LogP contribution >= 0.6 is 11.6 Å². The topological polar surface area (TPSA) is 75.2 Å². The first-order chi connectivity index (χ1) is 13.5. The van der Waals surface area contributed by atoms with Crippen LogP contribution < -0.4 is 15.7 Å². The number of halogens is 2. The van der Waals surface area contributed by atoms with Crippen molar-refractivity contribution in [1.29, 1.82) is 0 Å². The molecule has 3 aromatic rings. The molecule has 0 aliphatic rings. The Morgan fingerprint density at radius 2 is 2.04 bits per heavy atom. The first-order valence-corrected chi connectivity index (χ1v) is 8.83. The Morgan fingerprint density at radius 1 is 1.21 bits per heavy atom. The molecule has 0 bridgehead atoms. The van der Waals surface area contributed by atoms with Gasteiger partial charge in [0.2, 0.25) is 0 Å². The molecular weight excluding hydrogens is 383 g/mol. The van der Waals surface area contributed by atoms with Crippen molar-refractivity contribution in [3.8, 4) is 11.4 Å². The summed E-state index contributed by atoms with van der Waals surface area (Å²) in [5.74, 6) is 0.319. The van der Waals surface area contributed by atoms with E-state index in [-0.39, 0.29) is 11.4 Å². The van der Waals surface area contributed by atoms with E-state index in [1.165, 1.54) is 18.2 Å². The standard InChI is InChI=1S/C19H20ClFN6O/c1-27(2)17-11-23-18(14-8-13(20)4-5-15(14)21)26-19(17)25-16-6-7-22-9-12(16)10-24-28-3/h4-9,11,24H,10H2,1-3H3,(H,22,23,25,26). The number of rotatable bonds is 7. The van der Waals surface area contributed by atoms with Crippen LogP contribution in [0, 0.1) is 5.82 Å². The number of anilines is 3. The quantitative estimate of drug-likeness (QED) is 0.582. The maximum Gasteiger partial charge on any atom is 0.164 e. The smallest absolute Gasteiger partial charge is 0.164 e. The van der Waals surface area contributed by atoms with Crippen LogP contribution in [-0.4, -0.2) is 36.2 Å². The van der Waals surface area contributed by atoms with E-state index >= 15 is 0 Å². The number of nitrogens with zero attached hydrogens (tertiary/aromatic N) is 4. The number of nitrogens with one attached hydrogen (secondary N) is 2. The fourth-order valence-electron chi connectivity index (χ4n) is 2.56. The molecular formula is C19H20ClFN6O. The van der Waals surface area contributed by atoms with Gasteiger partial charge in [0.25, 0.3) is 0 Å². The van der Waals surface area contributed by atoms with Crippen LogP contribution in [-0.2, 0) is 11.4 Å². The molecule has 28 heavy (non-hydrogen) atoms. The molecule has 0 aliphatic carbocycles. The molecule has 0 saturated carbocycles. The molecule has 0 aliphatic heterocycles. The zero-order valence-electron chi connectivity index (χ0n) is 15.7. The van der Waals surface area contributed by atoms with Crippen molar-refractivity contribution < 1.29 is 9.23 Å². The summed E-state index contributed by atoms with van der Waals surface area (Å²) in [5.41, 5.74) is 5.44. The van der Waals surface area contributed by atoms with Gasteiger partial charge in [-0.15, -0.1) is 0 Å². The molecule has 146 valence electrons. The number of hydrogen-bond acceptors (Lipinski definition) is 7. The third kappa shape index (κ3) is 4.53. The summed E-state index contributed by atoms with van der Waals surface area (Å²) in [6.07, 6.45) is 5.04. The van der Waals surface area contributed by atoms with Crippen LogP contribution in [0.5, 0.6) is 0 Å². The molecule has 7 nitrogen and oxygen atoms in total. The molecule has 0 unspecified atom stereocenters. The summed E-state index contributed by atoms with van der Waals surface area (Å²) >= 11 is 6.02. The zero-order chi connectivity index (χ0) is 20.1. The minimum absolute atomic E-state index is 0.233. The Balaban J connectivity index is 2.03. The Bertz CT molecular complexity index is 969. The van der Waals surface area contributed by atoms with Crippen molar-refractivity contribution in [2.24, 2.45) is 0 Å². The van der Waals surface area contributed by atoms with Crippen LogP contribution in [0.2, 0.25) is 5.02 Å². The van der Waals surface area contributed by atoms with E-state index < -0.39 is 5.82 Å². The molecule has 0 amide bonds. The third-order valence-corrected chi connectivity index (χ3v) is 4.22. The molecule has 0 radical (unpaired) electrons. The van der Waals surface area contributed by atoms with E-state index in [1.54, 1.807) is 25.7 Å². The number of hydroxylamine groups is 1. The fourth-order valence-corrected chi connectivity index (χ4v) is 2.73. The zero-order valence-corrected chi connectivity index (χ0v) is 16.5. The van der Waals surface area contributed by atoms with Crippen molar-refractivity contribution in [2.75, 3.05) is 31.4 Å². The van der Waals surface area contributed by atoms with Crippen LogP contribution in [0.4, 0.5) is 21.6 Å². The van der Waals surface area contributed by atoms with Gasteiger partial charge in [0, 0.05) is 49.3 Å². The summed E-state index contributed by atoms with van der Waals surface area (Å²) in [4.78, 5) is 19.8. The summed E-state index contributed by atoms with van der Waals surface area (Å²) < 4.78 is 14.3. The summed E-state index contributed by atoms with van der Waals surface area (Å²) in [5, 5.41) is 3.70. The molecule has 9 heteroatoms. The lowest BCUT2D eigenvalue weighted by Gasteiger charge is -2.19. The van der Waals surface area contributed by atoms with Gasteiger partial charge < -0.3 is 15.1 Å². The molecule has 2 heterocycles. The predicted octanol–water partition coefficient (Wildman–Crippen LogP) is 3.79. The summed E-state index contributed by atoms with van der Waals surface area (Å²) in [7, 11) is 5.30. The van der Waals surface area contributed by atoms with E-state index in [0.717, 1.165) is 16.9 Å². The van der Waals surface area contributed by atoms with Gasteiger partial charge in [-0.05, 0) is 24.3 Å². The van der Waals surface area contributed by atoms with Crippen molar-refractivity contribution in [1.82, 2.24) is 20.4 Å². The summed E-state index contributed by atoms with van der Waals surface area (Å²) in [6, 6.07) is 6.12. The van der Waals surface area contributed by atoms with Gasteiger partial charge in [-0.2, -0.15) is 5.48 Å². The molecule has 1 aromatic carbocycles. The number of hydrogen-bond donors (Lipinski definition) is 2. The minimum atomic E-state index is -0.443. The van der Waals surface area contributed by atoms with Crippen molar-refractivity contribution >= 4 is 28.8 Å². The van der Waals surface area contributed by atoms with Gasteiger partial charge in [0.1, 0.15) is 5.82 Å². The van der Waals surface area contributed by atoms with E-state index in [1.807, 2.05) is 25.1 Å². The van der Waals surface area contributed by atoms with Crippen LogP contribution in [0.25, 0.3) is 11.4 Å². The van der Waals surface area contributed by atoms with Gasteiger partial charge >= 0.3 is 0 Å². The van der Waals surface area contributed by atoms with Gasteiger partial charge in [0.15, 0.2) is 11.6 Å². The Labute approximate surface area is 167 Å². The lowest BCUT2D eigenvalue weighted by Crippen LogP contribution is -2.15. The highest BCUT2D eigenvalue weighted by molar-refractivity contribution is 6.30. The van der Waals surface area contributed by atoms with E-state index in [4.69, 9.17) is 16.4 Å². The largest absolute Gasteiger partial charge is 0.373 e. The van der Waals surface area contributed by atoms with Crippen LogP contribution in [0.1, 0.15) is 5.56 Å². The Morgan fingerprint density at radius 3 is 2.79 bits per heavy atom. The molecule has 0 atom stereocenters. The second kappa shape index (κ2) is 8.92. The maximum atomic E-state index is 14.3.